The first-order valence-electron chi connectivity index (χ1n) is 7.42. The van der Waals surface area contributed by atoms with Gasteiger partial charge in [0.15, 0.2) is 0 Å². The minimum atomic E-state index is -0.00792. The quantitative estimate of drug-likeness (QED) is 0.656. The van der Waals surface area contributed by atoms with Crippen LogP contribution in [0.2, 0.25) is 0 Å². The highest BCUT2D eigenvalue weighted by Gasteiger charge is 2.20. The smallest absolute Gasteiger partial charge is 0.124 e. The lowest BCUT2D eigenvalue weighted by Crippen LogP contribution is -2.12. The minimum Gasteiger partial charge on any atom is -0.496 e. The van der Waals surface area contributed by atoms with E-state index in [1.54, 1.807) is 24.5 Å². The van der Waals surface area contributed by atoms with Crippen LogP contribution in [-0.2, 0) is 5.41 Å². The molecule has 0 atom stereocenters. The zero-order chi connectivity index (χ0) is 16.6. The summed E-state index contributed by atoms with van der Waals surface area (Å²) in [6.07, 6.45) is 0. The monoisotopic (exact) mass is 322 g/mol. The van der Waals surface area contributed by atoms with Gasteiger partial charge in [0.1, 0.15) is 10.8 Å². The Morgan fingerprint density at radius 3 is 2.57 bits per heavy atom. The average Bonchev–Trinajstić information content (AvgIpc) is 2.96. The summed E-state index contributed by atoms with van der Waals surface area (Å²) in [5.74, 6) is 0.897. The number of benzene rings is 2. The highest BCUT2D eigenvalue weighted by atomic mass is 32.1. The van der Waals surface area contributed by atoms with Crippen LogP contribution in [0.15, 0.2) is 36.4 Å². The number of aromatic nitrogens is 1. The number of hydrogen-bond donors (Lipinski definition) is 0. The largest absolute Gasteiger partial charge is 0.496 e. The number of methoxy groups -OCH3 is 1. The van der Waals surface area contributed by atoms with Gasteiger partial charge in [-0.1, -0.05) is 20.8 Å². The first-order valence-corrected chi connectivity index (χ1v) is 8.23. The van der Waals surface area contributed by atoms with Gasteiger partial charge in [-0.25, -0.2) is 4.98 Å². The predicted molar refractivity (Wildman–Crippen MR) is 95.0 cm³/mol. The van der Waals surface area contributed by atoms with Gasteiger partial charge in [0.25, 0.3) is 0 Å². The second-order valence-electron chi connectivity index (χ2n) is 6.48. The molecule has 0 radical (unpaired) electrons. The van der Waals surface area contributed by atoms with Crippen molar-refractivity contribution >= 4 is 21.6 Å². The summed E-state index contributed by atoms with van der Waals surface area (Å²) >= 11 is 1.61. The summed E-state index contributed by atoms with van der Waals surface area (Å²) in [4.78, 5) is 4.71. The lowest BCUT2D eigenvalue weighted by molar-refractivity contribution is 0.397. The molecule has 0 aliphatic heterocycles. The highest BCUT2D eigenvalue weighted by Crippen LogP contribution is 2.37. The number of hydrogen-bond acceptors (Lipinski definition) is 4. The van der Waals surface area contributed by atoms with Crippen molar-refractivity contribution < 1.29 is 4.74 Å². The Bertz CT molecular complexity index is 913. The van der Waals surface area contributed by atoms with Gasteiger partial charge in [-0.15, -0.1) is 11.3 Å². The maximum atomic E-state index is 9.02. The van der Waals surface area contributed by atoms with Gasteiger partial charge < -0.3 is 4.74 Å². The standard InChI is InChI=1S/C19H18N2OS/c1-19(2,3)14-10-13(6-8-16(14)22-4)18-21-15-7-5-12(11-20)9-17(15)23-18/h5-10H,1-4H3. The molecule has 1 aromatic heterocycles. The summed E-state index contributed by atoms with van der Waals surface area (Å²) in [5, 5.41) is 9.99. The Labute approximate surface area is 140 Å². The maximum absolute atomic E-state index is 9.02. The van der Waals surface area contributed by atoms with Crippen LogP contribution in [0.5, 0.6) is 5.75 Å². The Balaban J connectivity index is 2.13. The van der Waals surface area contributed by atoms with Crippen LogP contribution in [0.3, 0.4) is 0 Å². The number of fused-ring (bicyclic) bond motifs is 1. The Hall–Kier alpha value is -2.38. The van der Waals surface area contributed by atoms with Crippen molar-refractivity contribution in [3.05, 3.63) is 47.5 Å². The van der Waals surface area contributed by atoms with Gasteiger partial charge in [0, 0.05) is 11.1 Å². The van der Waals surface area contributed by atoms with Crippen molar-refractivity contribution in [2.24, 2.45) is 0 Å². The Kier molecular flexibility index (Phi) is 3.83. The molecule has 0 unspecified atom stereocenters. The van der Waals surface area contributed by atoms with E-state index in [0.717, 1.165) is 32.1 Å². The summed E-state index contributed by atoms with van der Waals surface area (Å²) < 4.78 is 6.53. The van der Waals surface area contributed by atoms with Crippen LogP contribution in [0.4, 0.5) is 0 Å². The molecule has 0 spiro atoms. The number of thiazole rings is 1. The molecule has 23 heavy (non-hydrogen) atoms. The Morgan fingerprint density at radius 2 is 1.91 bits per heavy atom. The molecular weight excluding hydrogens is 304 g/mol. The van der Waals surface area contributed by atoms with Gasteiger partial charge in [-0.2, -0.15) is 5.26 Å². The van der Waals surface area contributed by atoms with E-state index in [1.165, 1.54) is 0 Å². The fourth-order valence-electron chi connectivity index (χ4n) is 2.54. The Morgan fingerprint density at radius 1 is 1.13 bits per heavy atom. The molecule has 116 valence electrons. The van der Waals surface area contributed by atoms with Crippen molar-refractivity contribution in [2.45, 2.75) is 26.2 Å². The van der Waals surface area contributed by atoms with E-state index >= 15 is 0 Å². The summed E-state index contributed by atoms with van der Waals surface area (Å²) in [6.45, 7) is 6.52. The SMILES string of the molecule is COc1ccc(-c2nc3ccc(C#N)cc3s2)cc1C(C)(C)C. The number of nitrogens with zero attached hydrogens (tertiary/aromatic N) is 2. The minimum absolute atomic E-state index is 0.00792. The van der Waals surface area contributed by atoms with Gasteiger partial charge >= 0.3 is 0 Å². The molecule has 3 nitrogen and oxygen atoms in total. The molecule has 0 amide bonds. The molecule has 0 saturated carbocycles. The van der Waals surface area contributed by atoms with Crippen molar-refractivity contribution in [3.8, 4) is 22.4 Å². The van der Waals surface area contributed by atoms with Crippen LogP contribution >= 0.6 is 11.3 Å². The summed E-state index contributed by atoms with van der Waals surface area (Å²) in [6, 6.07) is 14.0. The van der Waals surface area contributed by atoms with E-state index in [-0.39, 0.29) is 5.41 Å². The lowest BCUT2D eigenvalue weighted by Gasteiger charge is -2.22. The third-order valence-electron chi connectivity index (χ3n) is 3.77. The van der Waals surface area contributed by atoms with Gasteiger partial charge in [0.05, 0.1) is 29.0 Å². The maximum Gasteiger partial charge on any atom is 0.124 e. The molecule has 0 aliphatic rings. The number of ether oxygens (including phenoxy) is 1. The first-order chi connectivity index (χ1) is 10.9. The average molecular weight is 322 g/mol. The second-order valence-corrected chi connectivity index (χ2v) is 7.51. The van der Waals surface area contributed by atoms with Gasteiger partial charge in [-0.3, -0.25) is 0 Å². The van der Waals surface area contributed by atoms with Crippen LogP contribution < -0.4 is 4.74 Å². The van der Waals surface area contributed by atoms with Crippen LogP contribution in [-0.4, -0.2) is 12.1 Å². The third-order valence-corrected chi connectivity index (χ3v) is 4.84. The van der Waals surface area contributed by atoms with E-state index in [2.05, 4.69) is 32.9 Å². The number of rotatable bonds is 2. The van der Waals surface area contributed by atoms with Gasteiger partial charge in [0.2, 0.25) is 0 Å². The highest BCUT2D eigenvalue weighted by molar-refractivity contribution is 7.21. The molecule has 0 fully saturated rings. The molecule has 0 saturated heterocycles. The van der Waals surface area contributed by atoms with Crippen molar-refractivity contribution in [1.29, 1.82) is 5.26 Å². The molecule has 4 heteroatoms. The lowest BCUT2D eigenvalue weighted by atomic mass is 9.85. The van der Waals surface area contributed by atoms with E-state index in [0.29, 0.717) is 5.56 Å². The second kappa shape index (κ2) is 5.68. The molecule has 1 heterocycles. The summed E-state index contributed by atoms with van der Waals surface area (Å²) in [5.41, 5.74) is 3.83. The number of nitriles is 1. The molecule has 0 aliphatic carbocycles. The fraction of sp³-hybridized carbons (Fsp3) is 0.263. The zero-order valence-corrected chi connectivity index (χ0v) is 14.5. The zero-order valence-electron chi connectivity index (χ0n) is 13.7. The third kappa shape index (κ3) is 2.93. The molecule has 0 bridgehead atoms. The molecule has 2 aromatic carbocycles. The summed E-state index contributed by atoms with van der Waals surface area (Å²) in [7, 11) is 1.70. The molecule has 3 rings (SSSR count). The predicted octanol–water partition coefficient (Wildman–Crippen LogP) is 5.14. The van der Waals surface area contributed by atoms with Gasteiger partial charge in [-0.05, 0) is 41.8 Å². The van der Waals surface area contributed by atoms with Crippen LogP contribution in [0, 0.1) is 11.3 Å². The van der Waals surface area contributed by atoms with Crippen LogP contribution in [0.1, 0.15) is 31.9 Å². The van der Waals surface area contributed by atoms with E-state index in [1.807, 2.05) is 24.3 Å². The van der Waals surface area contributed by atoms with Crippen molar-refractivity contribution in [3.63, 3.8) is 0 Å². The van der Waals surface area contributed by atoms with E-state index < -0.39 is 0 Å². The molecule has 3 aromatic rings. The fourth-order valence-corrected chi connectivity index (χ4v) is 3.55. The van der Waals surface area contributed by atoms with E-state index in [9.17, 15) is 0 Å². The van der Waals surface area contributed by atoms with Crippen molar-refractivity contribution in [1.82, 2.24) is 4.98 Å². The van der Waals surface area contributed by atoms with Crippen molar-refractivity contribution in [2.75, 3.05) is 7.11 Å². The van der Waals surface area contributed by atoms with Crippen LogP contribution in [0.25, 0.3) is 20.8 Å². The molecule has 0 N–H and O–H groups in total. The molecular formula is C19H18N2OS. The topological polar surface area (TPSA) is 45.9 Å². The van der Waals surface area contributed by atoms with E-state index in [4.69, 9.17) is 15.0 Å². The normalized spacial score (nSPS) is 11.4. The first kappa shape index (κ1) is 15.5.